The van der Waals surface area contributed by atoms with Gasteiger partial charge in [0, 0.05) is 6.08 Å². The van der Waals surface area contributed by atoms with E-state index in [1.54, 1.807) is 0 Å². The summed E-state index contributed by atoms with van der Waals surface area (Å²) in [5, 5.41) is 0. The first kappa shape index (κ1) is 12.2. The number of rotatable bonds is 5. The van der Waals surface area contributed by atoms with E-state index in [0.29, 0.717) is 24.4 Å². The number of hydrogen-bond acceptors (Lipinski definition) is 2. The zero-order valence-corrected chi connectivity index (χ0v) is 9.04. The van der Waals surface area contributed by atoms with Gasteiger partial charge < -0.3 is 4.74 Å². The van der Waals surface area contributed by atoms with Crippen molar-refractivity contribution in [2.75, 3.05) is 6.61 Å². The molecule has 0 radical (unpaired) electrons. The number of carbonyl (C=O) groups excluding carboxylic acids is 1. The molecular weight excluding hydrogens is 164 g/mol. The Labute approximate surface area is 81.0 Å². The molecule has 0 aromatic rings. The number of hydrogen-bond donors (Lipinski definition) is 0. The van der Waals surface area contributed by atoms with E-state index in [2.05, 4.69) is 34.3 Å². The molecule has 0 spiro atoms. The largest absolute Gasteiger partial charge is 0.462 e. The van der Waals surface area contributed by atoms with Crippen LogP contribution in [0.5, 0.6) is 0 Å². The van der Waals surface area contributed by atoms with Gasteiger partial charge in [-0.1, -0.05) is 34.3 Å². The summed E-state index contributed by atoms with van der Waals surface area (Å²) < 4.78 is 4.97. The normalized spacial score (nSPS) is 15.2. The van der Waals surface area contributed by atoms with E-state index in [4.69, 9.17) is 4.74 Å². The lowest BCUT2D eigenvalue weighted by atomic mass is 9.87. The van der Waals surface area contributed by atoms with Crippen molar-refractivity contribution in [3.8, 4) is 0 Å². The molecule has 2 atom stereocenters. The van der Waals surface area contributed by atoms with Crippen molar-refractivity contribution in [3.05, 3.63) is 12.7 Å². The van der Waals surface area contributed by atoms with E-state index in [0.717, 1.165) is 0 Å². The van der Waals surface area contributed by atoms with Crippen LogP contribution in [-0.4, -0.2) is 12.6 Å². The Morgan fingerprint density at radius 2 is 1.92 bits per heavy atom. The summed E-state index contributed by atoms with van der Waals surface area (Å²) in [5.74, 6) is 1.27. The van der Waals surface area contributed by atoms with Crippen LogP contribution in [0.15, 0.2) is 12.7 Å². The fourth-order valence-electron chi connectivity index (χ4n) is 1.08. The Morgan fingerprint density at radius 1 is 1.38 bits per heavy atom. The molecule has 2 heteroatoms. The zero-order chi connectivity index (χ0) is 10.4. The molecule has 0 rings (SSSR count). The lowest BCUT2D eigenvalue weighted by molar-refractivity contribution is -0.139. The highest BCUT2D eigenvalue weighted by Crippen LogP contribution is 2.19. The quantitative estimate of drug-likeness (QED) is 0.485. The summed E-state index contributed by atoms with van der Waals surface area (Å²) in [5.41, 5.74) is 0. The molecule has 0 fully saturated rings. The molecular formula is C11H20O2. The molecule has 0 bridgehead atoms. The molecule has 0 saturated carbocycles. The van der Waals surface area contributed by atoms with Crippen LogP contribution in [0.1, 0.15) is 27.7 Å². The van der Waals surface area contributed by atoms with Crippen LogP contribution >= 0.6 is 0 Å². The van der Waals surface area contributed by atoms with E-state index in [1.807, 2.05) is 0 Å². The summed E-state index contributed by atoms with van der Waals surface area (Å²) in [7, 11) is 0. The van der Waals surface area contributed by atoms with Gasteiger partial charge in [-0.05, 0) is 17.8 Å². The van der Waals surface area contributed by atoms with Gasteiger partial charge in [-0.2, -0.15) is 0 Å². The Bertz CT molecular complexity index is 173. The Balaban J connectivity index is 3.79. The van der Waals surface area contributed by atoms with Crippen molar-refractivity contribution >= 4 is 5.97 Å². The molecule has 0 aliphatic carbocycles. The summed E-state index contributed by atoms with van der Waals surface area (Å²) >= 11 is 0. The predicted molar refractivity (Wildman–Crippen MR) is 54.3 cm³/mol. The minimum atomic E-state index is -0.331. The summed E-state index contributed by atoms with van der Waals surface area (Å²) in [4.78, 5) is 10.8. The molecule has 76 valence electrons. The standard InChI is InChI=1S/C11H20O2/c1-6-11(12)13-7-9(4)10(5)8(2)3/h6,8-10H,1,7H2,2-5H3. The molecule has 0 aromatic carbocycles. The molecule has 0 N–H and O–H groups in total. The Morgan fingerprint density at radius 3 is 2.31 bits per heavy atom. The van der Waals surface area contributed by atoms with Gasteiger partial charge in [-0.15, -0.1) is 0 Å². The van der Waals surface area contributed by atoms with Gasteiger partial charge >= 0.3 is 5.97 Å². The van der Waals surface area contributed by atoms with E-state index in [1.165, 1.54) is 6.08 Å². The van der Waals surface area contributed by atoms with Crippen LogP contribution in [-0.2, 0) is 9.53 Å². The maximum absolute atomic E-state index is 10.8. The Kier molecular flexibility index (Phi) is 5.44. The van der Waals surface area contributed by atoms with E-state index in [-0.39, 0.29) is 5.97 Å². The highest BCUT2D eigenvalue weighted by Gasteiger charge is 2.16. The zero-order valence-electron chi connectivity index (χ0n) is 9.04. The molecule has 0 heterocycles. The van der Waals surface area contributed by atoms with Crippen molar-refractivity contribution in [3.63, 3.8) is 0 Å². The first-order chi connectivity index (χ1) is 5.99. The third kappa shape index (κ3) is 4.71. The molecule has 2 nitrogen and oxygen atoms in total. The van der Waals surface area contributed by atoms with Gasteiger partial charge in [-0.3, -0.25) is 0 Å². The van der Waals surface area contributed by atoms with E-state index in [9.17, 15) is 4.79 Å². The molecule has 0 saturated heterocycles. The van der Waals surface area contributed by atoms with Crippen LogP contribution in [0.2, 0.25) is 0 Å². The fourth-order valence-corrected chi connectivity index (χ4v) is 1.08. The second-order valence-corrected chi connectivity index (χ2v) is 3.91. The fraction of sp³-hybridized carbons (Fsp3) is 0.727. The van der Waals surface area contributed by atoms with Crippen LogP contribution < -0.4 is 0 Å². The minimum absolute atomic E-state index is 0.331. The average molecular weight is 184 g/mol. The third-order valence-corrected chi connectivity index (χ3v) is 2.60. The van der Waals surface area contributed by atoms with Gasteiger partial charge in [0.25, 0.3) is 0 Å². The molecule has 0 aromatic heterocycles. The summed E-state index contributed by atoms with van der Waals surface area (Å²) in [6.45, 7) is 12.5. The van der Waals surface area contributed by atoms with Crippen molar-refractivity contribution in [2.45, 2.75) is 27.7 Å². The number of carbonyl (C=O) groups is 1. The van der Waals surface area contributed by atoms with E-state index < -0.39 is 0 Å². The lowest BCUT2D eigenvalue weighted by Crippen LogP contribution is -2.20. The van der Waals surface area contributed by atoms with Crippen molar-refractivity contribution in [2.24, 2.45) is 17.8 Å². The third-order valence-electron chi connectivity index (χ3n) is 2.60. The van der Waals surface area contributed by atoms with Crippen molar-refractivity contribution in [1.82, 2.24) is 0 Å². The maximum Gasteiger partial charge on any atom is 0.330 e. The van der Waals surface area contributed by atoms with Gasteiger partial charge in [0.05, 0.1) is 6.61 Å². The molecule has 0 amide bonds. The maximum atomic E-state index is 10.8. The first-order valence-corrected chi connectivity index (χ1v) is 4.78. The van der Waals surface area contributed by atoms with Crippen LogP contribution in [0.4, 0.5) is 0 Å². The van der Waals surface area contributed by atoms with Crippen LogP contribution in [0, 0.1) is 17.8 Å². The SMILES string of the molecule is C=CC(=O)OCC(C)C(C)C(C)C. The second kappa shape index (κ2) is 5.79. The summed E-state index contributed by atoms with van der Waals surface area (Å²) in [6, 6.07) is 0. The second-order valence-electron chi connectivity index (χ2n) is 3.91. The topological polar surface area (TPSA) is 26.3 Å². The van der Waals surface area contributed by atoms with E-state index >= 15 is 0 Å². The van der Waals surface area contributed by atoms with Crippen molar-refractivity contribution in [1.29, 1.82) is 0 Å². The minimum Gasteiger partial charge on any atom is -0.462 e. The van der Waals surface area contributed by atoms with Gasteiger partial charge in [-0.25, -0.2) is 4.79 Å². The number of ether oxygens (including phenoxy) is 1. The van der Waals surface area contributed by atoms with Crippen LogP contribution in [0.3, 0.4) is 0 Å². The molecule has 0 aliphatic rings. The van der Waals surface area contributed by atoms with Gasteiger partial charge in [0.15, 0.2) is 0 Å². The summed E-state index contributed by atoms with van der Waals surface area (Å²) in [6.07, 6.45) is 1.20. The Hall–Kier alpha value is -0.790. The first-order valence-electron chi connectivity index (χ1n) is 4.78. The highest BCUT2D eigenvalue weighted by molar-refractivity contribution is 5.81. The smallest absolute Gasteiger partial charge is 0.330 e. The van der Waals surface area contributed by atoms with Gasteiger partial charge in [0.2, 0.25) is 0 Å². The molecule has 2 unspecified atom stereocenters. The van der Waals surface area contributed by atoms with Gasteiger partial charge in [0.1, 0.15) is 0 Å². The van der Waals surface area contributed by atoms with Crippen molar-refractivity contribution < 1.29 is 9.53 Å². The number of esters is 1. The lowest BCUT2D eigenvalue weighted by Gasteiger charge is -2.22. The van der Waals surface area contributed by atoms with Crippen LogP contribution in [0.25, 0.3) is 0 Å². The molecule has 0 aliphatic heterocycles. The molecule has 13 heavy (non-hydrogen) atoms. The predicted octanol–water partition coefficient (Wildman–Crippen LogP) is 2.64. The monoisotopic (exact) mass is 184 g/mol. The average Bonchev–Trinajstić information content (AvgIpc) is 2.11. The highest BCUT2D eigenvalue weighted by atomic mass is 16.5.